The molecular formula is C26H33ClF2. The first-order valence-corrected chi connectivity index (χ1v) is 12.0. The van der Waals surface area contributed by atoms with Crippen molar-refractivity contribution in [1.29, 1.82) is 0 Å². The lowest BCUT2D eigenvalue weighted by Crippen LogP contribution is -2.30. The molecule has 2 unspecified atom stereocenters. The molecule has 158 valence electrons. The molecule has 2 aliphatic rings. The summed E-state index contributed by atoms with van der Waals surface area (Å²) in [6.07, 6.45) is 14.9. The molecule has 2 fully saturated rings. The van der Waals surface area contributed by atoms with E-state index in [2.05, 4.69) is 6.92 Å². The van der Waals surface area contributed by atoms with Crippen LogP contribution in [-0.2, 0) is 0 Å². The van der Waals surface area contributed by atoms with Gasteiger partial charge in [-0.25, -0.2) is 8.78 Å². The molecule has 0 aliphatic heterocycles. The zero-order valence-electron chi connectivity index (χ0n) is 17.5. The van der Waals surface area contributed by atoms with Crippen LogP contribution in [0.3, 0.4) is 0 Å². The van der Waals surface area contributed by atoms with E-state index in [4.69, 9.17) is 11.6 Å². The number of fused-ring (bicyclic) bond motifs is 2. The van der Waals surface area contributed by atoms with Crippen molar-refractivity contribution in [3.05, 3.63) is 46.5 Å². The molecule has 3 heteroatoms. The zero-order valence-corrected chi connectivity index (χ0v) is 18.3. The Labute approximate surface area is 179 Å². The van der Waals surface area contributed by atoms with Gasteiger partial charge in [0.05, 0.1) is 0 Å². The highest BCUT2D eigenvalue weighted by molar-refractivity contribution is 6.31. The highest BCUT2D eigenvalue weighted by atomic mass is 35.5. The molecule has 4 atom stereocenters. The Morgan fingerprint density at radius 3 is 2.55 bits per heavy atom. The van der Waals surface area contributed by atoms with Gasteiger partial charge in [-0.2, -0.15) is 0 Å². The molecule has 2 saturated carbocycles. The fraction of sp³-hybridized carbons (Fsp3) is 0.615. The molecule has 2 aromatic carbocycles. The average Bonchev–Trinajstić information content (AvgIpc) is 2.74. The summed E-state index contributed by atoms with van der Waals surface area (Å²) in [6, 6.07) is 7.18. The number of unbranched alkanes of at least 4 members (excludes halogenated alkanes) is 3. The van der Waals surface area contributed by atoms with Gasteiger partial charge >= 0.3 is 0 Å². The summed E-state index contributed by atoms with van der Waals surface area (Å²) in [7, 11) is 0. The summed E-state index contributed by atoms with van der Waals surface area (Å²) in [6.45, 7) is 2.28. The van der Waals surface area contributed by atoms with Crippen molar-refractivity contribution in [1.82, 2.24) is 0 Å². The van der Waals surface area contributed by atoms with E-state index in [0.29, 0.717) is 16.7 Å². The Balaban J connectivity index is 1.40. The van der Waals surface area contributed by atoms with Crippen LogP contribution in [0.25, 0.3) is 10.8 Å². The maximum absolute atomic E-state index is 14.3. The van der Waals surface area contributed by atoms with Crippen LogP contribution in [0.5, 0.6) is 0 Å². The van der Waals surface area contributed by atoms with Crippen LogP contribution in [0.1, 0.15) is 89.0 Å². The van der Waals surface area contributed by atoms with Crippen LogP contribution in [0, 0.1) is 29.4 Å². The molecule has 29 heavy (non-hydrogen) atoms. The van der Waals surface area contributed by atoms with Crippen molar-refractivity contribution in [3.8, 4) is 0 Å². The van der Waals surface area contributed by atoms with Crippen molar-refractivity contribution in [3.63, 3.8) is 0 Å². The molecule has 0 bridgehead atoms. The van der Waals surface area contributed by atoms with E-state index in [0.717, 1.165) is 17.8 Å². The van der Waals surface area contributed by atoms with Crippen LogP contribution in [0.15, 0.2) is 24.3 Å². The summed E-state index contributed by atoms with van der Waals surface area (Å²) in [4.78, 5) is 0. The SMILES string of the molecule is CCCCCC[C@@H]1CC[C@@H]2CC(c3ccc4c(F)c(Cl)c(F)cc4c3)CCC2C1. The van der Waals surface area contributed by atoms with Gasteiger partial charge in [-0.15, -0.1) is 0 Å². The van der Waals surface area contributed by atoms with Crippen LogP contribution < -0.4 is 0 Å². The smallest absolute Gasteiger partial charge is 0.152 e. The fourth-order valence-corrected chi connectivity index (χ4v) is 6.14. The maximum Gasteiger partial charge on any atom is 0.152 e. The zero-order chi connectivity index (χ0) is 20.4. The lowest BCUT2D eigenvalue weighted by molar-refractivity contribution is 0.113. The van der Waals surface area contributed by atoms with Crippen LogP contribution in [0.4, 0.5) is 8.78 Å². The van der Waals surface area contributed by atoms with Crippen LogP contribution >= 0.6 is 11.6 Å². The molecule has 0 N–H and O–H groups in total. The van der Waals surface area contributed by atoms with Gasteiger partial charge in [-0.3, -0.25) is 0 Å². The van der Waals surface area contributed by atoms with Crippen LogP contribution in [0.2, 0.25) is 5.02 Å². The van der Waals surface area contributed by atoms with Crippen molar-refractivity contribution in [2.75, 3.05) is 0 Å². The molecule has 0 saturated heterocycles. The van der Waals surface area contributed by atoms with E-state index in [1.54, 1.807) is 6.07 Å². The predicted octanol–water partition coefficient (Wildman–Crippen LogP) is 9.04. The third kappa shape index (κ3) is 4.63. The Hall–Kier alpha value is -1.15. The number of hydrogen-bond donors (Lipinski definition) is 0. The second-order valence-electron chi connectivity index (χ2n) is 9.53. The monoisotopic (exact) mass is 418 g/mol. The average molecular weight is 419 g/mol. The molecular weight excluding hydrogens is 386 g/mol. The minimum Gasteiger partial charge on any atom is -0.205 e. The molecule has 2 aromatic rings. The number of rotatable bonds is 6. The molecule has 0 spiro atoms. The summed E-state index contributed by atoms with van der Waals surface area (Å²) in [5.41, 5.74) is 1.23. The highest BCUT2D eigenvalue weighted by Gasteiger charge is 2.35. The van der Waals surface area contributed by atoms with E-state index < -0.39 is 16.7 Å². The number of benzene rings is 2. The first kappa shape index (κ1) is 21.1. The lowest BCUT2D eigenvalue weighted by atomic mass is 9.63. The first-order chi connectivity index (χ1) is 14.1. The van der Waals surface area contributed by atoms with Crippen molar-refractivity contribution in [2.24, 2.45) is 17.8 Å². The van der Waals surface area contributed by atoms with E-state index in [-0.39, 0.29) is 0 Å². The minimum absolute atomic E-state index is 0.405. The summed E-state index contributed by atoms with van der Waals surface area (Å²) in [5.74, 6) is 1.87. The fourth-order valence-electron chi connectivity index (χ4n) is 5.99. The van der Waals surface area contributed by atoms with Crippen molar-refractivity contribution >= 4 is 22.4 Å². The topological polar surface area (TPSA) is 0 Å². The molecule has 0 amide bonds. The second-order valence-corrected chi connectivity index (χ2v) is 9.90. The summed E-state index contributed by atoms with van der Waals surface area (Å²) >= 11 is 5.73. The standard InChI is InChI=1S/C26H33ClF2/c1-2-3-4-5-6-17-7-8-19-14-20(10-9-18(19)13-17)21-11-12-23-22(15-21)16-24(28)25(27)26(23)29/h11-12,15-20H,2-10,13-14H2,1H3/t17-,18?,19-,20?/m1/s1. The number of halogens is 3. The summed E-state index contributed by atoms with van der Waals surface area (Å²) in [5, 5.41) is 0.634. The second kappa shape index (κ2) is 9.33. The van der Waals surface area contributed by atoms with Crippen molar-refractivity contribution < 1.29 is 8.78 Å². The minimum atomic E-state index is -0.671. The van der Waals surface area contributed by atoms with Gasteiger partial charge in [0, 0.05) is 5.39 Å². The van der Waals surface area contributed by atoms with E-state index in [9.17, 15) is 8.78 Å². The largest absolute Gasteiger partial charge is 0.205 e. The lowest BCUT2D eigenvalue weighted by Gasteiger charge is -2.42. The van der Waals surface area contributed by atoms with Gasteiger partial charge in [-0.1, -0.05) is 75.2 Å². The van der Waals surface area contributed by atoms with Gasteiger partial charge in [0.2, 0.25) is 0 Å². The quantitative estimate of drug-likeness (QED) is 0.324. The molecule has 2 aliphatic carbocycles. The Morgan fingerprint density at radius 1 is 0.931 bits per heavy atom. The van der Waals surface area contributed by atoms with Gasteiger partial charge in [-0.05, 0) is 72.8 Å². The number of hydrogen-bond acceptors (Lipinski definition) is 0. The third-order valence-corrected chi connectivity index (χ3v) is 8.00. The molecule has 0 heterocycles. The van der Waals surface area contributed by atoms with Gasteiger partial charge in [0.1, 0.15) is 10.8 Å². The maximum atomic E-state index is 14.3. The van der Waals surface area contributed by atoms with E-state index in [1.807, 2.05) is 12.1 Å². The van der Waals surface area contributed by atoms with E-state index >= 15 is 0 Å². The van der Waals surface area contributed by atoms with Gasteiger partial charge < -0.3 is 0 Å². The molecule has 4 rings (SSSR count). The highest BCUT2D eigenvalue weighted by Crippen LogP contribution is 2.48. The van der Waals surface area contributed by atoms with Crippen molar-refractivity contribution in [2.45, 2.75) is 83.5 Å². The normalized spacial score (nSPS) is 27.2. The van der Waals surface area contributed by atoms with Gasteiger partial charge in [0.15, 0.2) is 5.82 Å². The molecule has 0 nitrogen and oxygen atoms in total. The molecule has 0 radical (unpaired) electrons. The Bertz CT molecular complexity index is 846. The third-order valence-electron chi connectivity index (χ3n) is 7.66. The Kier molecular flexibility index (Phi) is 6.79. The van der Waals surface area contributed by atoms with Crippen LogP contribution in [-0.4, -0.2) is 0 Å². The predicted molar refractivity (Wildman–Crippen MR) is 119 cm³/mol. The van der Waals surface area contributed by atoms with E-state index in [1.165, 1.54) is 82.3 Å². The summed E-state index contributed by atoms with van der Waals surface area (Å²) < 4.78 is 28.2. The first-order valence-electron chi connectivity index (χ1n) is 11.6. The van der Waals surface area contributed by atoms with Gasteiger partial charge in [0.25, 0.3) is 0 Å². The molecule has 0 aromatic heterocycles. The Morgan fingerprint density at radius 2 is 1.72 bits per heavy atom.